The molecule has 2 atom stereocenters. The summed E-state index contributed by atoms with van der Waals surface area (Å²) >= 11 is 0. The van der Waals surface area contributed by atoms with Gasteiger partial charge in [-0.05, 0) is 25.0 Å². The number of methoxy groups -OCH3 is 1. The average Bonchev–Trinajstić information content (AvgIpc) is 3.03. The van der Waals surface area contributed by atoms with Crippen LogP contribution in [0.1, 0.15) is 29.6 Å². The molecule has 2 aliphatic rings. The monoisotopic (exact) mass is 404 g/mol. The Morgan fingerprint density at radius 2 is 2.18 bits per heavy atom. The molecule has 1 amide bonds. The molecule has 3 rings (SSSR count). The number of hydrogen-bond acceptors (Lipinski definition) is 5. The number of aromatic nitrogens is 1. The van der Waals surface area contributed by atoms with E-state index in [0.717, 1.165) is 19.3 Å². The Morgan fingerprint density at radius 1 is 1.46 bits per heavy atom. The SMILES string of the molecule is COC[C@@H]1CCC[C@]12CN(C(=O)c1cccnc1)CCO2.O=C(O)C(F)(F)F. The molecule has 0 radical (unpaired) electrons. The van der Waals surface area contributed by atoms with E-state index in [-0.39, 0.29) is 11.5 Å². The van der Waals surface area contributed by atoms with Gasteiger partial charge in [-0.1, -0.05) is 6.42 Å². The highest BCUT2D eigenvalue weighted by molar-refractivity contribution is 5.94. The van der Waals surface area contributed by atoms with Gasteiger partial charge in [0.25, 0.3) is 5.91 Å². The van der Waals surface area contributed by atoms with Crippen molar-refractivity contribution in [1.29, 1.82) is 0 Å². The van der Waals surface area contributed by atoms with E-state index in [1.165, 1.54) is 0 Å². The summed E-state index contributed by atoms with van der Waals surface area (Å²) in [5, 5.41) is 7.12. The lowest BCUT2D eigenvalue weighted by atomic mass is 9.89. The van der Waals surface area contributed by atoms with Gasteiger partial charge >= 0.3 is 12.1 Å². The quantitative estimate of drug-likeness (QED) is 0.832. The van der Waals surface area contributed by atoms with Crippen LogP contribution in [0.4, 0.5) is 13.2 Å². The number of halogens is 3. The lowest BCUT2D eigenvalue weighted by Gasteiger charge is -2.44. The van der Waals surface area contributed by atoms with Crippen LogP contribution in [0.15, 0.2) is 24.5 Å². The minimum atomic E-state index is -5.08. The Bertz CT molecular complexity index is 671. The molecule has 0 unspecified atom stereocenters. The van der Waals surface area contributed by atoms with Gasteiger partial charge in [-0.25, -0.2) is 4.79 Å². The molecule has 156 valence electrons. The molecule has 1 aliphatic carbocycles. The Kier molecular flexibility index (Phi) is 7.36. The third kappa shape index (κ3) is 5.41. The van der Waals surface area contributed by atoms with E-state index in [4.69, 9.17) is 19.4 Å². The highest BCUT2D eigenvalue weighted by Gasteiger charge is 2.47. The number of carboxylic acids is 1. The van der Waals surface area contributed by atoms with Crippen molar-refractivity contribution in [2.45, 2.75) is 31.0 Å². The Hall–Kier alpha value is -2.20. The maximum Gasteiger partial charge on any atom is 0.490 e. The molecule has 10 heteroatoms. The number of ether oxygens (including phenoxy) is 2. The molecule has 1 saturated carbocycles. The molecule has 2 fully saturated rings. The van der Waals surface area contributed by atoms with Crippen LogP contribution in [0, 0.1) is 5.92 Å². The van der Waals surface area contributed by atoms with Gasteiger partial charge in [0.15, 0.2) is 0 Å². The van der Waals surface area contributed by atoms with Crippen LogP contribution < -0.4 is 0 Å². The second-order valence-electron chi connectivity index (χ2n) is 6.73. The van der Waals surface area contributed by atoms with Gasteiger partial charge in [0.05, 0.1) is 30.9 Å². The maximum absolute atomic E-state index is 12.6. The van der Waals surface area contributed by atoms with Gasteiger partial charge in [-0.3, -0.25) is 9.78 Å². The van der Waals surface area contributed by atoms with Crippen LogP contribution >= 0.6 is 0 Å². The lowest BCUT2D eigenvalue weighted by Crippen LogP contribution is -2.56. The molecule has 1 saturated heterocycles. The number of rotatable bonds is 3. The number of aliphatic carboxylic acids is 1. The first-order valence-electron chi connectivity index (χ1n) is 8.82. The fourth-order valence-electron chi connectivity index (χ4n) is 3.60. The number of nitrogens with zero attached hydrogens (tertiary/aromatic N) is 2. The molecule has 1 aliphatic heterocycles. The predicted octanol–water partition coefficient (Wildman–Crippen LogP) is 2.37. The maximum atomic E-state index is 12.6. The molecule has 2 heterocycles. The average molecular weight is 404 g/mol. The smallest absolute Gasteiger partial charge is 0.475 e. The van der Waals surface area contributed by atoms with Crippen molar-refractivity contribution in [1.82, 2.24) is 9.88 Å². The Balaban J connectivity index is 0.000000345. The summed E-state index contributed by atoms with van der Waals surface area (Å²) in [5.74, 6) is -2.33. The number of amides is 1. The summed E-state index contributed by atoms with van der Waals surface area (Å²) in [4.78, 5) is 27.4. The lowest BCUT2D eigenvalue weighted by molar-refractivity contribution is -0.192. The fraction of sp³-hybridized carbons (Fsp3) is 0.611. The van der Waals surface area contributed by atoms with Crippen molar-refractivity contribution < 1.29 is 37.3 Å². The zero-order valence-electron chi connectivity index (χ0n) is 15.4. The number of carboxylic acid groups (broad SMARTS) is 1. The van der Waals surface area contributed by atoms with E-state index in [0.29, 0.717) is 37.8 Å². The molecule has 7 nitrogen and oxygen atoms in total. The van der Waals surface area contributed by atoms with Gasteiger partial charge in [0.1, 0.15) is 0 Å². The number of alkyl halides is 3. The second-order valence-corrected chi connectivity index (χ2v) is 6.73. The third-order valence-electron chi connectivity index (χ3n) is 4.91. The molecule has 1 N–H and O–H groups in total. The summed E-state index contributed by atoms with van der Waals surface area (Å²) in [6.07, 6.45) is 1.50. The summed E-state index contributed by atoms with van der Waals surface area (Å²) in [7, 11) is 1.73. The van der Waals surface area contributed by atoms with Crippen molar-refractivity contribution in [2.24, 2.45) is 5.92 Å². The summed E-state index contributed by atoms with van der Waals surface area (Å²) < 4.78 is 43.2. The first-order chi connectivity index (χ1) is 13.2. The van der Waals surface area contributed by atoms with Gasteiger partial charge in [-0.15, -0.1) is 0 Å². The van der Waals surface area contributed by atoms with Crippen molar-refractivity contribution in [3.8, 4) is 0 Å². The van der Waals surface area contributed by atoms with Gasteiger partial charge in [0.2, 0.25) is 0 Å². The Morgan fingerprint density at radius 3 is 2.75 bits per heavy atom. The van der Waals surface area contributed by atoms with Crippen molar-refractivity contribution >= 4 is 11.9 Å². The number of carbonyl (C=O) groups is 2. The molecule has 1 aromatic rings. The van der Waals surface area contributed by atoms with Crippen LogP contribution in [0.25, 0.3) is 0 Å². The van der Waals surface area contributed by atoms with Crippen LogP contribution in [-0.2, 0) is 14.3 Å². The summed E-state index contributed by atoms with van der Waals surface area (Å²) in [5.41, 5.74) is 0.433. The molecule has 28 heavy (non-hydrogen) atoms. The highest BCUT2D eigenvalue weighted by Crippen LogP contribution is 2.41. The second kappa shape index (κ2) is 9.33. The van der Waals surface area contributed by atoms with Crippen molar-refractivity contribution in [3.63, 3.8) is 0 Å². The van der Waals surface area contributed by atoms with Crippen LogP contribution in [-0.4, -0.2) is 72.1 Å². The van der Waals surface area contributed by atoms with E-state index in [1.54, 1.807) is 25.6 Å². The number of morpholine rings is 1. The number of pyridine rings is 1. The van der Waals surface area contributed by atoms with Crippen LogP contribution in [0.2, 0.25) is 0 Å². The molecule has 1 aromatic heterocycles. The zero-order valence-corrected chi connectivity index (χ0v) is 15.4. The number of carbonyl (C=O) groups excluding carboxylic acids is 1. The largest absolute Gasteiger partial charge is 0.490 e. The molecule has 0 bridgehead atoms. The van der Waals surface area contributed by atoms with Gasteiger partial charge in [0, 0.05) is 32.0 Å². The van der Waals surface area contributed by atoms with E-state index in [1.807, 2.05) is 11.0 Å². The van der Waals surface area contributed by atoms with Gasteiger partial charge < -0.3 is 19.5 Å². The van der Waals surface area contributed by atoms with E-state index in [2.05, 4.69) is 4.98 Å². The Labute approximate surface area is 160 Å². The van der Waals surface area contributed by atoms with Gasteiger partial charge in [-0.2, -0.15) is 13.2 Å². The van der Waals surface area contributed by atoms with E-state index >= 15 is 0 Å². The topological polar surface area (TPSA) is 89.0 Å². The molecular formula is C18H23F3N2O5. The first-order valence-corrected chi connectivity index (χ1v) is 8.82. The zero-order chi connectivity index (χ0) is 20.8. The third-order valence-corrected chi connectivity index (χ3v) is 4.91. The standard InChI is InChI=1S/C16H22N2O3.C2HF3O2/c1-20-11-14-5-2-6-16(14)12-18(8-9-21-16)15(19)13-4-3-7-17-10-13;3-2(4,5)1(6)7/h3-4,7,10,14H,2,5-6,8-9,11-12H2,1H3;(H,6,7)/t14-,16-;/m0./s1. The molecule has 1 spiro atoms. The highest BCUT2D eigenvalue weighted by atomic mass is 19.4. The normalized spacial score (nSPS) is 24.6. The summed E-state index contributed by atoms with van der Waals surface area (Å²) in [6, 6.07) is 3.62. The van der Waals surface area contributed by atoms with Crippen molar-refractivity contribution in [3.05, 3.63) is 30.1 Å². The molecule has 0 aromatic carbocycles. The molecular weight excluding hydrogens is 381 g/mol. The van der Waals surface area contributed by atoms with E-state index in [9.17, 15) is 18.0 Å². The minimum absolute atomic E-state index is 0.0499. The van der Waals surface area contributed by atoms with Crippen LogP contribution in [0.5, 0.6) is 0 Å². The minimum Gasteiger partial charge on any atom is -0.475 e. The van der Waals surface area contributed by atoms with Crippen LogP contribution in [0.3, 0.4) is 0 Å². The van der Waals surface area contributed by atoms with E-state index < -0.39 is 12.1 Å². The number of hydrogen-bond donors (Lipinski definition) is 1. The first kappa shape index (κ1) is 22.1. The summed E-state index contributed by atoms with van der Waals surface area (Å²) in [6.45, 7) is 2.62. The predicted molar refractivity (Wildman–Crippen MR) is 91.7 cm³/mol. The fourth-order valence-corrected chi connectivity index (χ4v) is 3.60. The van der Waals surface area contributed by atoms with Crippen molar-refractivity contribution in [2.75, 3.05) is 33.4 Å².